The van der Waals surface area contributed by atoms with Crippen LogP contribution in [-0.4, -0.2) is 30.6 Å². The molecule has 1 heterocycles. The van der Waals surface area contributed by atoms with E-state index in [0.29, 0.717) is 12.5 Å². The highest BCUT2D eigenvalue weighted by Gasteiger charge is 2.49. The van der Waals surface area contributed by atoms with E-state index in [-0.39, 0.29) is 28.5 Å². The molecule has 0 spiro atoms. The van der Waals surface area contributed by atoms with Crippen molar-refractivity contribution >= 4 is 17.5 Å². The monoisotopic (exact) mass is 340 g/mol. The van der Waals surface area contributed by atoms with Crippen molar-refractivity contribution in [3.05, 3.63) is 34.6 Å². The molecule has 1 aromatic carbocycles. The zero-order valence-corrected chi connectivity index (χ0v) is 13.7. The number of carbonyl (C=O) groups is 1. The lowest BCUT2D eigenvalue weighted by Gasteiger charge is -2.37. The number of aliphatic hydroxyl groups excluding tert-OH is 1. The largest absolute Gasteiger partial charge is 0.386 e. The molecular formula is C17H22ClFN2O2. The normalized spacial score (nSPS) is 28.2. The number of fused-ring (bicyclic) bond motifs is 1. The summed E-state index contributed by atoms with van der Waals surface area (Å²) in [6, 6.07) is 4.27. The molecule has 1 saturated carbocycles. The summed E-state index contributed by atoms with van der Waals surface area (Å²) in [5, 5.41) is 16.5. The predicted octanol–water partition coefficient (Wildman–Crippen LogP) is 2.41. The lowest BCUT2D eigenvalue weighted by molar-refractivity contribution is -0.134. The van der Waals surface area contributed by atoms with E-state index in [0.717, 1.165) is 32.2 Å². The van der Waals surface area contributed by atoms with Gasteiger partial charge in [0.1, 0.15) is 11.9 Å². The first-order chi connectivity index (χ1) is 11.0. The van der Waals surface area contributed by atoms with Gasteiger partial charge in [-0.05, 0) is 37.4 Å². The average molecular weight is 341 g/mol. The van der Waals surface area contributed by atoms with Crippen molar-refractivity contribution in [2.24, 2.45) is 11.3 Å². The van der Waals surface area contributed by atoms with Crippen LogP contribution in [0.5, 0.6) is 0 Å². The maximum Gasteiger partial charge on any atom is 0.227 e. The molecule has 1 saturated heterocycles. The van der Waals surface area contributed by atoms with Crippen LogP contribution in [0.2, 0.25) is 5.02 Å². The maximum absolute atomic E-state index is 13.8. The first-order valence-electron chi connectivity index (χ1n) is 8.15. The summed E-state index contributed by atoms with van der Waals surface area (Å²) in [7, 11) is 0. The van der Waals surface area contributed by atoms with Gasteiger partial charge in [0.2, 0.25) is 5.91 Å². The van der Waals surface area contributed by atoms with Crippen molar-refractivity contribution in [3.63, 3.8) is 0 Å². The van der Waals surface area contributed by atoms with Gasteiger partial charge in [-0.3, -0.25) is 4.79 Å². The molecule has 1 amide bonds. The Balaban J connectivity index is 1.67. The number of hydrogen-bond donors (Lipinski definition) is 3. The number of nitrogens with one attached hydrogen (secondary N) is 2. The Morgan fingerprint density at radius 3 is 3.13 bits per heavy atom. The van der Waals surface area contributed by atoms with Crippen LogP contribution in [0.15, 0.2) is 18.2 Å². The van der Waals surface area contributed by atoms with Crippen LogP contribution in [0.1, 0.15) is 37.4 Å². The fourth-order valence-electron chi connectivity index (χ4n) is 3.99. The van der Waals surface area contributed by atoms with Crippen LogP contribution in [0.3, 0.4) is 0 Å². The SMILES string of the molecule is O=C(NCC(O)c1c(F)cccc1Cl)[C@@]12CCCC[C@H]1CNC2. The second-order valence-electron chi connectivity index (χ2n) is 6.59. The summed E-state index contributed by atoms with van der Waals surface area (Å²) >= 11 is 5.95. The second kappa shape index (κ2) is 6.75. The lowest BCUT2D eigenvalue weighted by Crippen LogP contribution is -2.48. The highest BCUT2D eigenvalue weighted by atomic mass is 35.5. The molecule has 23 heavy (non-hydrogen) atoms. The van der Waals surface area contributed by atoms with E-state index in [4.69, 9.17) is 11.6 Å². The number of halogens is 2. The molecule has 126 valence electrons. The van der Waals surface area contributed by atoms with Gasteiger partial charge in [0.15, 0.2) is 0 Å². The average Bonchev–Trinajstić information content (AvgIpc) is 2.97. The van der Waals surface area contributed by atoms with Crippen molar-refractivity contribution in [2.75, 3.05) is 19.6 Å². The van der Waals surface area contributed by atoms with Gasteiger partial charge < -0.3 is 15.7 Å². The summed E-state index contributed by atoms with van der Waals surface area (Å²) in [4.78, 5) is 12.7. The van der Waals surface area contributed by atoms with Crippen molar-refractivity contribution < 1.29 is 14.3 Å². The number of benzene rings is 1. The minimum Gasteiger partial charge on any atom is -0.386 e. The van der Waals surface area contributed by atoms with E-state index >= 15 is 0 Å². The summed E-state index contributed by atoms with van der Waals surface area (Å²) in [6.07, 6.45) is 2.98. The van der Waals surface area contributed by atoms with E-state index in [1.54, 1.807) is 0 Å². The van der Waals surface area contributed by atoms with Crippen LogP contribution in [-0.2, 0) is 4.79 Å². The fourth-order valence-corrected chi connectivity index (χ4v) is 4.28. The van der Waals surface area contributed by atoms with Crippen LogP contribution in [0, 0.1) is 17.2 Å². The Hall–Kier alpha value is -1.17. The standard InChI is InChI=1S/C17H22ClFN2O2/c18-12-5-3-6-13(19)15(12)14(22)9-21-16(23)17-7-2-1-4-11(17)8-20-10-17/h3,5-6,11,14,20,22H,1-2,4,7-10H2,(H,21,23)/t11-,14?,17+/m0/s1. The van der Waals surface area contributed by atoms with Crippen LogP contribution in [0.25, 0.3) is 0 Å². The highest BCUT2D eigenvalue weighted by Crippen LogP contribution is 2.44. The van der Waals surface area contributed by atoms with Gasteiger partial charge in [0.05, 0.1) is 5.41 Å². The zero-order valence-electron chi connectivity index (χ0n) is 12.9. The summed E-state index contributed by atoms with van der Waals surface area (Å²) < 4.78 is 13.8. The van der Waals surface area contributed by atoms with Crippen molar-refractivity contribution in [1.82, 2.24) is 10.6 Å². The third-order valence-corrected chi connectivity index (χ3v) is 5.61. The van der Waals surface area contributed by atoms with Crippen LogP contribution < -0.4 is 10.6 Å². The van der Waals surface area contributed by atoms with Crippen LogP contribution in [0.4, 0.5) is 4.39 Å². The summed E-state index contributed by atoms with van der Waals surface area (Å²) in [5.41, 5.74) is -0.339. The maximum atomic E-state index is 13.8. The molecule has 1 aliphatic carbocycles. The predicted molar refractivity (Wildman–Crippen MR) is 86.6 cm³/mol. The molecule has 3 N–H and O–H groups in total. The minimum atomic E-state index is -1.15. The molecule has 6 heteroatoms. The number of rotatable bonds is 4. The summed E-state index contributed by atoms with van der Waals surface area (Å²) in [5.74, 6) is -0.250. The molecule has 3 atom stereocenters. The third-order valence-electron chi connectivity index (χ3n) is 5.28. The first-order valence-corrected chi connectivity index (χ1v) is 8.53. The number of carbonyl (C=O) groups excluding carboxylic acids is 1. The quantitative estimate of drug-likeness (QED) is 0.788. The molecule has 3 rings (SSSR count). The van der Waals surface area contributed by atoms with Gasteiger partial charge in [-0.2, -0.15) is 0 Å². The number of aliphatic hydroxyl groups is 1. The van der Waals surface area contributed by atoms with Gasteiger partial charge >= 0.3 is 0 Å². The summed E-state index contributed by atoms with van der Waals surface area (Å²) in [6.45, 7) is 1.52. The molecular weight excluding hydrogens is 319 g/mol. The molecule has 0 aromatic heterocycles. The van der Waals surface area contributed by atoms with E-state index in [2.05, 4.69) is 10.6 Å². The first kappa shape index (κ1) is 16.7. The van der Waals surface area contributed by atoms with E-state index < -0.39 is 11.9 Å². The molecule has 4 nitrogen and oxygen atoms in total. The van der Waals surface area contributed by atoms with Gasteiger partial charge in [0.25, 0.3) is 0 Å². The number of amides is 1. The van der Waals surface area contributed by atoms with Gasteiger partial charge in [-0.15, -0.1) is 0 Å². The Labute approximate surface area is 140 Å². The fraction of sp³-hybridized carbons (Fsp3) is 0.588. The lowest BCUT2D eigenvalue weighted by atomic mass is 9.67. The zero-order chi connectivity index (χ0) is 16.4. The Morgan fingerprint density at radius 2 is 2.35 bits per heavy atom. The van der Waals surface area contributed by atoms with Gasteiger partial charge in [-0.1, -0.05) is 30.5 Å². The smallest absolute Gasteiger partial charge is 0.227 e. The highest BCUT2D eigenvalue weighted by molar-refractivity contribution is 6.31. The molecule has 1 aliphatic heterocycles. The molecule has 1 aromatic rings. The van der Waals surface area contributed by atoms with Crippen molar-refractivity contribution in [3.8, 4) is 0 Å². The molecule has 2 fully saturated rings. The van der Waals surface area contributed by atoms with E-state index in [1.807, 2.05) is 0 Å². The van der Waals surface area contributed by atoms with E-state index in [9.17, 15) is 14.3 Å². The Morgan fingerprint density at radius 1 is 1.52 bits per heavy atom. The van der Waals surface area contributed by atoms with Crippen LogP contribution >= 0.6 is 11.6 Å². The molecule has 0 radical (unpaired) electrons. The van der Waals surface area contributed by atoms with Crippen molar-refractivity contribution in [1.29, 1.82) is 0 Å². The number of hydrogen-bond acceptors (Lipinski definition) is 3. The van der Waals surface area contributed by atoms with Crippen molar-refractivity contribution in [2.45, 2.75) is 31.8 Å². The Kier molecular flexibility index (Phi) is 4.90. The second-order valence-corrected chi connectivity index (χ2v) is 7.00. The molecule has 0 bridgehead atoms. The third kappa shape index (κ3) is 3.10. The topological polar surface area (TPSA) is 61.4 Å². The molecule has 1 unspecified atom stereocenters. The van der Waals surface area contributed by atoms with Gasteiger partial charge in [0, 0.05) is 23.7 Å². The Bertz CT molecular complexity index is 578. The van der Waals surface area contributed by atoms with E-state index in [1.165, 1.54) is 18.2 Å². The minimum absolute atomic E-state index is 0.0338. The molecule has 2 aliphatic rings. The van der Waals surface area contributed by atoms with Gasteiger partial charge in [-0.25, -0.2) is 4.39 Å².